The molecule has 0 aliphatic heterocycles. The molecule has 92 heavy (non-hydrogen) atoms. The van der Waals surface area contributed by atoms with E-state index < -0.39 is 11.7 Å². The Balaban J connectivity index is 1.14. The number of nitriles is 5. The third-order valence-electron chi connectivity index (χ3n) is 16.4. The van der Waals surface area contributed by atoms with Crippen molar-refractivity contribution in [2.45, 2.75) is 6.18 Å². The van der Waals surface area contributed by atoms with Crippen LogP contribution in [0, 0.1) is 89.5 Å². The monoisotopic (exact) mass is 1180 g/mol. The number of alkyl halides is 3. The zero-order chi connectivity index (χ0) is 64.1. The van der Waals surface area contributed by atoms with Gasteiger partial charge in [-0.2, -0.15) is 39.5 Å². The van der Waals surface area contributed by atoms with Gasteiger partial charge in [0.15, 0.2) is 28.4 Å². The minimum atomic E-state index is -4.76. The number of rotatable bonds is 8. The number of hydrogen-bond acceptors (Lipinski definition) is 5. The first-order chi connectivity index (χ1) is 44.8. The van der Waals surface area contributed by atoms with E-state index in [1.807, 2.05) is 88.0 Å². The predicted octanol–water partition coefficient (Wildman–Crippen LogP) is 21.0. The van der Waals surface area contributed by atoms with E-state index >= 15 is 0 Å². The highest BCUT2D eigenvalue weighted by Crippen LogP contribution is 2.49. The van der Waals surface area contributed by atoms with Crippen molar-refractivity contribution in [3.8, 4) is 108 Å². The Morgan fingerprint density at radius 1 is 0.326 bits per heavy atom. The molecule has 0 spiro atoms. The second-order valence-electron chi connectivity index (χ2n) is 21.3. The van der Waals surface area contributed by atoms with Gasteiger partial charge in [0.25, 0.3) is 0 Å². The normalized spacial score (nSPS) is 10.9. The zero-order valence-electron chi connectivity index (χ0n) is 47.6. The molecule has 0 aliphatic carbocycles. The van der Waals surface area contributed by atoms with Crippen LogP contribution < -0.4 is 0 Å². The zero-order valence-corrected chi connectivity index (χ0v) is 47.6. The van der Waals surface area contributed by atoms with Crippen LogP contribution in [0.5, 0.6) is 0 Å². The standard InChI is InChI=1S/C77H33F3N12/c1-86-55-17-22-58(52(31-55)42-84)47-11-24-70-62(34-47)65-36-49(60-20-10-45(40-82)30-68(60)89-4)14-27-71(65)91(70)74-28-15-50(61-21-16-54(77(78,79)80)38-69(61)90-5)37-66(74)76-67(88-3)7-6-8-75(76)92-72-25-12-46(57-19-9-44(39-81)29-51(57)41-83)33-63(72)64-35-48(13-26-73(64)92)59-23-18-56(87-2)32-53(59)43-85/h6-38H. The Labute approximate surface area is 523 Å². The largest absolute Gasteiger partial charge is 0.415 e. The molecule has 0 saturated carbocycles. The van der Waals surface area contributed by atoms with Crippen molar-refractivity contribution in [2.24, 2.45) is 0 Å². The van der Waals surface area contributed by atoms with Crippen LogP contribution in [0.2, 0.25) is 0 Å². The van der Waals surface area contributed by atoms with Crippen LogP contribution in [0.25, 0.3) is 146 Å². The topological polar surface area (TPSA) is 151 Å². The molecule has 0 amide bonds. The van der Waals surface area contributed by atoms with Gasteiger partial charge in [-0.1, -0.05) is 91.0 Å². The summed E-state index contributed by atoms with van der Waals surface area (Å²) >= 11 is 0. The summed E-state index contributed by atoms with van der Waals surface area (Å²) in [6, 6.07) is 66.8. The molecule has 0 radical (unpaired) electrons. The molecule has 0 N–H and O–H groups in total. The van der Waals surface area contributed by atoms with E-state index in [4.69, 9.17) is 32.9 Å². The fraction of sp³-hybridized carbons (Fsp3) is 0.0130. The van der Waals surface area contributed by atoms with Gasteiger partial charge >= 0.3 is 6.18 Å². The van der Waals surface area contributed by atoms with Crippen molar-refractivity contribution < 1.29 is 13.2 Å². The first kappa shape index (κ1) is 56.8. The van der Waals surface area contributed by atoms with Gasteiger partial charge in [0, 0.05) is 55.0 Å². The van der Waals surface area contributed by atoms with Crippen molar-refractivity contribution >= 4 is 72.0 Å². The highest BCUT2D eigenvalue weighted by Gasteiger charge is 2.32. The van der Waals surface area contributed by atoms with Crippen LogP contribution in [-0.4, -0.2) is 9.13 Å². The summed E-state index contributed by atoms with van der Waals surface area (Å²) in [4.78, 5) is 18.7. The highest BCUT2D eigenvalue weighted by atomic mass is 19.4. The van der Waals surface area contributed by atoms with Crippen molar-refractivity contribution in [2.75, 3.05) is 0 Å². The maximum atomic E-state index is 14.4. The molecule has 12 nitrogen and oxygen atoms in total. The molecule has 13 rings (SSSR count). The van der Waals surface area contributed by atoms with Gasteiger partial charge in [-0.3, -0.25) is 0 Å². The van der Waals surface area contributed by atoms with Crippen LogP contribution in [-0.2, 0) is 6.18 Å². The Hall–Kier alpha value is -14.3. The van der Waals surface area contributed by atoms with Crippen LogP contribution in [0.15, 0.2) is 200 Å². The Morgan fingerprint density at radius 3 is 1.18 bits per heavy atom. The third-order valence-corrected chi connectivity index (χ3v) is 16.4. The molecule has 0 aliphatic rings. The van der Waals surface area contributed by atoms with Gasteiger partial charge in [-0.25, -0.2) is 24.2 Å². The van der Waals surface area contributed by atoms with Crippen molar-refractivity contribution in [1.29, 1.82) is 26.3 Å². The molecule has 2 aromatic heterocycles. The van der Waals surface area contributed by atoms with Crippen LogP contribution in [0.3, 0.4) is 0 Å². The molecule has 11 aromatic carbocycles. The molecule has 2 heterocycles. The maximum absolute atomic E-state index is 14.4. The number of aromatic nitrogens is 2. The molecular weight excluding hydrogens is 1150 g/mol. The van der Waals surface area contributed by atoms with E-state index in [-0.39, 0.29) is 50.7 Å². The summed E-state index contributed by atoms with van der Waals surface area (Å²) < 4.78 is 47.1. The van der Waals surface area contributed by atoms with Crippen LogP contribution >= 0.6 is 0 Å². The average Bonchev–Trinajstić information content (AvgIpc) is 1.55. The molecule has 0 unspecified atom stereocenters. The van der Waals surface area contributed by atoms with Gasteiger partial charge < -0.3 is 9.13 Å². The maximum Gasteiger partial charge on any atom is 0.415 e. The lowest BCUT2D eigenvalue weighted by molar-refractivity contribution is -0.137. The molecule has 13 aromatic rings. The van der Waals surface area contributed by atoms with E-state index in [0.29, 0.717) is 127 Å². The van der Waals surface area contributed by atoms with Gasteiger partial charge in [0.05, 0.1) is 102 Å². The SMILES string of the molecule is [C-]#[N+]c1ccc(-c2ccc3c(c2)c2cc(-c4ccc(C#N)cc4[N+]#[C-])ccc2n3-c2ccc(-c3ccc(C(F)(F)F)cc3[N+]#[C-])cc2-c2c([N+]#[C-])cccc2-n2c3ccc(-c4ccc(C#N)cc4C#N)cc3c3cc(-c4ccc([N+]#[C-])cc4C#N)ccc32)c(C#N)c1. The predicted molar refractivity (Wildman–Crippen MR) is 348 cm³/mol. The van der Waals surface area contributed by atoms with Crippen LogP contribution in [0.1, 0.15) is 33.4 Å². The van der Waals surface area contributed by atoms with Gasteiger partial charge in [-0.15, -0.1) is 0 Å². The molecule has 15 heteroatoms. The minimum Gasteiger partial charge on any atom is -0.310 e. The van der Waals surface area contributed by atoms with Crippen molar-refractivity contribution in [3.63, 3.8) is 0 Å². The van der Waals surface area contributed by atoms with Gasteiger partial charge in [0.1, 0.15) is 0 Å². The summed E-state index contributed by atoms with van der Waals surface area (Å²) in [6.07, 6.45) is -4.76. The second kappa shape index (κ2) is 22.5. The summed E-state index contributed by atoms with van der Waals surface area (Å²) in [5, 5.41) is 53.5. The smallest absolute Gasteiger partial charge is 0.310 e. The lowest BCUT2D eigenvalue weighted by Crippen LogP contribution is -2.04. The highest BCUT2D eigenvalue weighted by molar-refractivity contribution is 6.15. The lowest BCUT2D eigenvalue weighted by Gasteiger charge is -2.21. The summed E-state index contributed by atoms with van der Waals surface area (Å²) in [7, 11) is 0. The van der Waals surface area contributed by atoms with Gasteiger partial charge in [0.2, 0.25) is 0 Å². The molecule has 0 bridgehead atoms. The molecule has 0 saturated heterocycles. The number of hydrogen-bond donors (Lipinski definition) is 0. The van der Waals surface area contributed by atoms with Gasteiger partial charge in [-0.05, 0) is 170 Å². The molecular formula is C77H33F3N12. The fourth-order valence-corrected chi connectivity index (χ4v) is 12.3. The number of halogens is 3. The number of fused-ring (bicyclic) bond motifs is 6. The quantitative estimate of drug-likeness (QED) is 0.139. The Kier molecular flexibility index (Phi) is 13.9. The Bertz CT molecular complexity index is 5640. The summed E-state index contributed by atoms with van der Waals surface area (Å²) in [6.45, 7) is 40.6. The van der Waals surface area contributed by atoms with E-state index in [1.54, 1.807) is 78.9 Å². The van der Waals surface area contributed by atoms with E-state index in [1.165, 1.54) is 30.3 Å². The average molecular weight is 1180 g/mol. The molecule has 422 valence electrons. The number of nitrogens with zero attached hydrogens (tertiary/aromatic N) is 12. The minimum absolute atomic E-state index is 0.168. The van der Waals surface area contributed by atoms with E-state index in [0.717, 1.165) is 12.1 Å². The number of benzene rings is 11. The summed E-state index contributed by atoms with van der Waals surface area (Å²) in [5.74, 6) is 0. The van der Waals surface area contributed by atoms with E-state index in [2.05, 4.69) is 54.6 Å². The first-order valence-corrected chi connectivity index (χ1v) is 27.9. The van der Waals surface area contributed by atoms with Crippen molar-refractivity contribution in [3.05, 3.63) is 291 Å². The first-order valence-electron chi connectivity index (χ1n) is 27.9. The lowest BCUT2D eigenvalue weighted by atomic mass is 9.93. The molecule has 0 atom stereocenters. The Morgan fingerprint density at radius 2 is 0.728 bits per heavy atom. The van der Waals surface area contributed by atoms with E-state index in [9.17, 15) is 39.5 Å². The summed E-state index contributed by atoms with van der Waals surface area (Å²) in [5.41, 5.74) is 10.8. The second-order valence-corrected chi connectivity index (χ2v) is 21.3. The van der Waals surface area contributed by atoms with Crippen LogP contribution in [0.4, 0.5) is 41.6 Å². The van der Waals surface area contributed by atoms with Crippen molar-refractivity contribution in [1.82, 2.24) is 9.13 Å². The fourth-order valence-electron chi connectivity index (χ4n) is 12.3. The third kappa shape index (κ3) is 9.43. The molecule has 0 fully saturated rings.